The van der Waals surface area contributed by atoms with Crippen LogP contribution in [0.3, 0.4) is 0 Å². The highest BCUT2D eigenvalue weighted by Gasteiger charge is 2.30. The molecule has 0 spiro atoms. The maximum absolute atomic E-state index is 5.82. The molecule has 1 aromatic carbocycles. The number of hydrogen-bond donors (Lipinski definition) is 0. The molecule has 0 aliphatic rings. The van der Waals surface area contributed by atoms with Crippen molar-refractivity contribution in [2.24, 2.45) is 0 Å². The van der Waals surface area contributed by atoms with E-state index in [0.717, 1.165) is 0 Å². The molecule has 3 nitrogen and oxygen atoms in total. The Kier molecular flexibility index (Phi) is 6.72. The zero-order valence-electron chi connectivity index (χ0n) is 11.5. The van der Waals surface area contributed by atoms with Crippen LogP contribution in [0.25, 0.3) is 0 Å². The minimum Gasteiger partial charge on any atom is -0.487 e. The van der Waals surface area contributed by atoms with Crippen LogP contribution in [0.5, 0.6) is 5.75 Å². The lowest BCUT2D eigenvalue weighted by Crippen LogP contribution is -2.41. The minimum atomic E-state index is -1.02. The summed E-state index contributed by atoms with van der Waals surface area (Å²) in [5.41, 5.74) is 0. The molecule has 19 heavy (non-hydrogen) atoms. The second-order valence-corrected chi connectivity index (χ2v) is 4.17. The van der Waals surface area contributed by atoms with Gasteiger partial charge in [-0.15, -0.1) is 5.92 Å². The number of hydrogen-bond acceptors (Lipinski definition) is 3. The molecule has 0 N–H and O–H groups in total. The van der Waals surface area contributed by atoms with Crippen molar-refractivity contribution >= 4 is 11.6 Å². The van der Waals surface area contributed by atoms with Crippen molar-refractivity contribution in [2.75, 3.05) is 19.8 Å². The molecule has 0 radical (unpaired) electrons. The second kappa shape index (κ2) is 8.06. The Morgan fingerprint density at radius 2 is 1.68 bits per heavy atom. The van der Waals surface area contributed by atoms with Gasteiger partial charge < -0.3 is 14.2 Å². The fourth-order valence-corrected chi connectivity index (χ4v) is 1.73. The van der Waals surface area contributed by atoms with E-state index in [0.29, 0.717) is 24.0 Å². The Morgan fingerprint density at radius 1 is 1.11 bits per heavy atom. The van der Waals surface area contributed by atoms with Gasteiger partial charge in [-0.2, -0.15) is 0 Å². The molecule has 0 unspecified atom stereocenters. The normalized spacial score (nSPS) is 10.7. The van der Waals surface area contributed by atoms with Gasteiger partial charge in [0.05, 0.1) is 0 Å². The van der Waals surface area contributed by atoms with E-state index in [1.54, 1.807) is 31.2 Å². The summed E-state index contributed by atoms with van der Waals surface area (Å²) in [4.78, 5) is 0. The van der Waals surface area contributed by atoms with Gasteiger partial charge in [-0.05, 0) is 51.0 Å². The van der Waals surface area contributed by atoms with Crippen LogP contribution in [0, 0.1) is 11.8 Å². The molecule has 0 saturated heterocycles. The Labute approximate surface area is 119 Å². The molecule has 0 amide bonds. The zero-order chi connectivity index (χ0) is 14.1. The Morgan fingerprint density at radius 3 is 2.16 bits per heavy atom. The van der Waals surface area contributed by atoms with Crippen LogP contribution < -0.4 is 4.74 Å². The van der Waals surface area contributed by atoms with Crippen molar-refractivity contribution in [1.82, 2.24) is 0 Å². The number of rotatable bonds is 7. The first-order valence-electron chi connectivity index (χ1n) is 6.26. The molecule has 0 saturated carbocycles. The first kappa shape index (κ1) is 15.8. The molecule has 104 valence electrons. The quantitative estimate of drug-likeness (QED) is 0.566. The zero-order valence-corrected chi connectivity index (χ0v) is 12.3. The summed E-state index contributed by atoms with van der Waals surface area (Å²) in [6.45, 7) is 6.74. The number of ether oxygens (including phenoxy) is 3. The van der Waals surface area contributed by atoms with E-state index in [4.69, 9.17) is 25.8 Å². The summed E-state index contributed by atoms with van der Waals surface area (Å²) in [6, 6.07) is 7.13. The molecular formula is C15H19ClO3. The lowest BCUT2D eigenvalue weighted by Gasteiger charge is -2.27. The van der Waals surface area contributed by atoms with Gasteiger partial charge in [-0.1, -0.05) is 11.6 Å². The fourth-order valence-electron chi connectivity index (χ4n) is 1.60. The summed E-state index contributed by atoms with van der Waals surface area (Å²) in [5, 5.41) is 0.668. The van der Waals surface area contributed by atoms with Crippen molar-refractivity contribution in [3.63, 3.8) is 0 Å². The fraction of sp³-hybridized carbons (Fsp3) is 0.467. The van der Waals surface area contributed by atoms with Crippen molar-refractivity contribution < 1.29 is 14.2 Å². The molecule has 0 fully saturated rings. The molecular weight excluding hydrogens is 264 g/mol. The van der Waals surface area contributed by atoms with E-state index < -0.39 is 5.79 Å². The number of benzene rings is 1. The second-order valence-electron chi connectivity index (χ2n) is 3.74. The SMILES string of the molecule is CC#CC(COc1ccc(Cl)cc1)(OCC)OCC. The van der Waals surface area contributed by atoms with E-state index in [2.05, 4.69) is 11.8 Å². The summed E-state index contributed by atoms with van der Waals surface area (Å²) in [7, 11) is 0. The van der Waals surface area contributed by atoms with Gasteiger partial charge in [-0.25, -0.2) is 0 Å². The predicted octanol–water partition coefficient (Wildman–Crippen LogP) is 3.51. The average molecular weight is 283 g/mol. The van der Waals surface area contributed by atoms with Crippen LogP contribution in [0.15, 0.2) is 24.3 Å². The lowest BCUT2D eigenvalue weighted by molar-refractivity contribution is -0.207. The van der Waals surface area contributed by atoms with Crippen LogP contribution in [0.4, 0.5) is 0 Å². The molecule has 0 aliphatic carbocycles. The van der Waals surface area contributed by atoms with Gasteiger partial charge in [0.2, 0.25) is 0 Å². The molecule has 0 aromatic heterocycles. The Balaban J connectivity index is 2.75. The van der Waals surface area contributed by atoms with E-state index in [1.807, 2.05) is 13.8 Å². The standard InChI is InChI=1S/C15H19ClO3/c1-4-11-15(18-5-2,19-6-3)12-17-14-9-7-13(16)8-10-14/h7-10H,5-6,12H2,1-3H3. The molecule has 1 rings (SSSR count). The molecule has 1 aromatic rings. The molecule has 0 heterocycles. The maximum Gasteiger partial charge on any atom is 0.269 e. The number of halogens is 1. The topological polar surface area (TPSA) is 27.7 Å². The third-order valence-electron chi connectivity index (χ3n) is 2.31. The van der Waals surface area contributed by atoms with Crippen molar-refractivity contribution in [3.8, 4) is 17.6 Å². The monoisotopic (exact) mass is 282 g/mol. The average Bonchev–Trinajstić information content (AvgIpc) is 2.39. The molecule has 0 bridgehead atoms. The van der Waals surface area contributed by atoms with E-state index in [1.165, 1.54) is 0 Å². The van der Waals surface area contributed by atoms with Gasteiger partial charge >= 0.3 is 0 Å². The van der Waals surface area contributed by atoms with Gasteiger partial charge in [0.25, 0.3) is 5.79 Å². The Hall–Kier alpha value is -1.21. The van der Waals surface area contributed by atoms with Crippen LogP contribution >= 0.6 is 11.6 Å². The van der Waals surface area contributed by atoms with Crippen LogP contribution in [0.2, 0.25) is 5.02 Å². The minimum absolute atomic E-state index is 0.206. The molecule has 0 aliphatic heterocycles. The largest absolute Gasteiger partial charge is 0.487 e. The first-order valence-corrected chi connectivity index (χ1v) is 6.63. The highest BCUT2D eigenvalue weighted by Crippen LogP contribution is 2.19. The van der Waals surface area contributed by atoms with Gasteiger partial charge in [0.15, 0.2) is 6.61 Å². The first-order chi connectivity index (χ1) is 9.15. The smallest absolute Gasteiger partial charge is 0.269 e. The predicted molar refractivity (Wildman–Crippen MR) is 76.4 cm³/mol. The van der Waals surface area contributed by atoms with Gasteiger partial charge in [0.1, 0.15) is 5.75 Å². The van der Waals surface area contributed by atoms with Gasteiger partial charge in [0, 0.05) is 18.2 Å². The van der Waals surface area contributed by atoms with Crippen molar-refractivity contribution in [3.05, 3.63) is 29.3 Å². The lowest BCUT2D eigenvalue weighted by atomic mass is 10.3. The Bertz CT molecular complexity index is 425. The maximum atomic E-state index is 5.82. The van der Waals surface area contributed by atoms with E-state index >= 15 is 0 Å². The summed E-state index contributed by atoms with van der Waals surface area (Å²) >= 11 is 5.82. The van der Waals surface area contributed by atoms with E-state index in [-0.39, 0.29) is 6.61 Å². The van der Waals surface area contributed by atoms with Crippen LogP contribution in [-0.2, 0) is 9.47 Å². The summed E-state index contributed by atoms with van der Waals surface area (Å²) < 4.78 is 16.9. The summed E-state index contributed by atoms with van der Waals surface area (Å²) in [5.74, 6) is 5.44. The van der Waals surface area contributed by atoms with Crippen molar-refractivity contribution in [2.45, 2.75) is 26.6 Å². The van der Waals surface area contributed by atoms with Crippen molar-refractivity contribution in [1.29, 1.82) is 0 Å². The van der Waals surface area contributed by atoms with Gasteiger partial charge in [-0.3, -0.25) is 0 Å². The third-order valence-corrected chi connectivity index (χ3v) is 2.56. The van der Waals surface area contributed by atoms with E-state index in [9.17, 15) is 0 Å². The molecule has 0 atom stereocenters. The summed E-state index contributed by atoms with van der Waals surface area (Å²) in [6.07, 6.45) is 0. The van der Waals surface area contributed by atoms with Crippen LogP contribution in [0.1, 0.15) is 20.8 Å². The van der Waals surface area contributed by atoms with Crippen LogP contribution in [-0.4, -0.2) is 25.6 Å². The highest BCUT2D eigenvalue weighted by molar-refractivity contribution is 6.30. The highest BCUT2D eigenvalue weighted by atomic mass is 35.5. The third kappa shape index (κ3) is 5.12. The molecule has 4 heteroatoms.